The first-order valence-corrected chi connectivity index (χ1v) is 7.72. The van der Waals surface area contributed by atoms with E-state index in [0.29, 0.717) is 6.61 Å². The number of rotatable bonds is 10. The van der Waals surface area contributed by atoms with E-state index in [0.717, 1.165) is 42.9 Å². The first-order chi connectivity index (χ1) is 9.72. The van der Waals surface area contributed by atoms with Gasteiger partial charge in [-0.3, -0.25) is 0 Å². The average Bonchev–Trinajstić information content (AvgIpc) is 2.44. The Hall–Kier alpha value is -0.910. The van der Waals surface area contributed by atoms with Crippen LogP contribution in [-0.2, 0) is 11.3 Å². The van der Waals surface area contributed by atoms with E-state index >= 15 is 0 Å². The van der Waals surface area contributed by atoms with Crippen LogP contribution in [0, 0.1) is 0 Å². The van der Waals surface area contributed by atoms with Gasteiger partial charge in [0.05, 0.1) is 6.61 Å². The first kappa shape index (κ1) is 17.1. The van der Waals surface area contributed by atoms with Crippen molar-refractivity contribution in [2.24, 2.45) is 0 Å². The maximum Gasteiger partial charge on any atom is 0.133 e. The minimum atomic E-state index is 0.674. The minimum absolute atomic E-state index is 0.674. The van der Waals surface area contributed by atoms with Crippen LogP contribution >= 0.6 is 15.9 Å². The Kier molecular flexibility index (Phi) is 8.49. The number of pyridine rings is 1. The third-order valence-corrected chi connectivity index (χ3v) is 3.30. The molecular weight excluding hydrogens is 318 g/mol. The van der Waals surface area contributed by atoms with Gasteiger partial charge in [0.25, 0.3) is 0 Å². The van der Waals surface area contributed by atoms with Crippen molar-refractivity contribution in [1.29, 1.82) is 0 Å². The van der Waals surface area contributed by atoms with Crippen LogP contribution in [0.4, 0.5) is 5.82 Å². The van der Waals surface area contributed by atoms with Gasteiger partial charge in [-0.1, -0.05) is 13.0 Å². The number of nitrogens with one attached hydrogen (secondary N) is 1. The standard InChI is InChI=1S/C15H24BrN3O/c1-4-6-17-11-13-10-14(16)12-18-15(13)19(7-5-2)8-9-20-3/h5,10,12,17H,2,4,6-9,11H2,1,3H3. The van der Waals surface area contributed by atoms with Crippen LogP contribution in [0.3, 0.4) is 0 Å². The Morgan fingerprint density at radius 2 is 2.35 bits per heavy atom. The Balaban J connectivity index is 2.89. The first-order valence-electron chi connectivity index (χ1n) is 6.92. The van der Waals surface area contributed by atoms with E-state index in [-0.39, 0.29) is 0 Å². The SMILES string of the molecule is C=CCN(CCOC)c1ncc(Br)cc1CNCCC. The van der Waals surface area contributed by atoms with Gasteiger partial charge in [-0.15, -0.1) is 6.58 Å². The van der Waals surface area contributed by atoms with Crippen LogP contribution in [-0.4, -0.2) is 38.3 Å². The lowest BCUT2D eigenvalue weighted by Gasteiger charge is -2.24. The van der Waals surface area contributed by atoms with Gasteiger partial charge in [0.15, 0.2) is 0 Å². The third-order valence-electron chi connectivity index (χ3n) is 2.87. The predicted octanol–water partition coefficient (Wildman–Crippen LogP) is 2.98. The van der Waals surface area contributed by atoms with Gasteiger partial charge in [0.2, 0.25) is 0 Å². The van der Waals surface area contributed by atoms with E-state index in [2.05, 4.69) is 50.7 Å². The molecule has 0 fully saturated rings. The van der Waals surface area contributed by atoms with E-state index in [9.17, 15) is 0 Å². The van der Waals surface area contributed by atoms with Gasteiger partial charge in [-0.25, -0.2) is 4.98 Å². The van der Waals surface area contributed by atoms with Gasteiger partial charge in [0.1, 0.15) is 5.82 Å². The van der Waals surface area contributed by atoms with Crippen molar-refractivity contribution in [3.05, 3.63) is 35.0 Å². The molecule has 0 unspecified atom stereocenters. The molecule has 0 saturated carbocycles. The highest BCUT2D eigenvalue weighted by atomic mass is 79.9. The summed E-state index contributed by atoms with van der Waals surface area (Å²) in [5.41, 5.74) is 1.19. The number of hydrogen-bond donors (Lipinski definition) is 1. The van der Waals surface area contributed by atoms with E-state index in [4.69, 9.17) is 4.74 Å². The van der Waals surface area contributed by atoms with Crippen molar-refractivity contribution in [1.82, 2.24) is 10.3 Å². The summed E-state index contributed by atoms with van der Waals surface area (Å²) in [6.07, 6.45) is 4.85. The molecule has 0 aliphatic carbocycles. The molecule has 0 aromatic carbocycles. The molecule has 0 saturated heterocycles. The smallest absolute Gasteiger partial charge is 0.133 e. The molecule has 1 N–H and O–H groups in total. The number of ether oxygens (including phenoxy) is 1. The molecule has 0 bridgehead atoms. The van der Waals surface area contributed by atoms with Crippen molar-refractivity contribution in [3.63, 3.8) is 0 Å². The normalized spacial score (nSPS) is 10.6. The highest BCUT2D eigenvalue weighted by molar-refractivity contribution is 9.10. The van der Waals surface area contributed by atoms with Gasteiger partial charge in [-0.05, 0) is 35.0 Å². The molecule has 1 rings (SSSR count). The summed E-state index contributed by atoms with van der Waals surface area (Å²) < 4.78 is 6.17. The molecule has 112 valence electrons. The van der Waals surface area contributed by atoms with E-state index in [1.54, 1.807) is 7.11 Å². The van der Waals surface area contributed by atoms with Gasteiger partial charge >= 0.3 is 0 Å². The summed E-state index contributed by atoms with van der Waals surface area (Å²) in [4.78, 5) is 6.75. The maximum atomic E-state index is 5.17. The third kappa shape index (κ3) is 5.61. The highest BCUT2D eigenvalue weighted by Crippen LogP contribution is 2.21. The summed E-state index contributed by atoms with van der Waals surface area (Å²) in [6, 6.07) is 2.12. The quantitative estimate of drug-likeness (QED) is 0.524. The summed E-state index contributed by atoms with van der Waals surface area (Å²) in [7, 11) is 1.71. The zero-order valence-corrected chi connectivity index (χ0v) is 13.9. The number of methoxy groups -OCH3 is 1. The zero-order chi connectivity index (χ0) is 14.8. The molecule has 0 radical (unpaired) electrons. The van der Waals surface area contributed by atoms with Crippen LogP contribution in [0.25, 0.3) is 0 Å². The van der Waals surface area contributed by atoms with Crippen LogP contribution < -0.4 is 10.2 Å². The lowest BCUT2D eigenvalue weighted by atomic mass is 10.2. The second-order valence-electron chi connectivity index (χ2n) is 4.54. The fraction of sp³-hybridized carbons (Fsp3) is 0.533. The minimum Gasteiger partial charge on any atom is -0.383 e. The van der Waals surface area contributed by atoms with Crippen LogP contribution in [0.15, 0.2) is 29.4 Å². The van der Waals surface area contributed by atoms with Crippen molar-refractivity contribution in [2.75, 3.05) is 38.3 Å². The Morgan fingerprint density at radius 3 is 3.00 bits per heavy atom. The van der Waals surface area contributed by atoms with E-state index in [1.807, 2.05) is 12.3 Å². The Morgan fingerprint density at radius 1 is 1.55 bits per heavy atom. The summed E-state index contributed by atoms with van der Waals surface area (Å²) in [5.74, 6) is 0.994. The summed E-state index contributed by atoms with van der Waals surface area (Å²) in [5, 5.41) is 3.43. The summed E-state index contributed by atoms with van der Waals surface area (Å²) in [6.45, 7) is 10.0. The lowest BCUT2D eigenvalue weighted by Crippen LogP contribution is -2.30. The molecule has 4 nitrogen and oxygen atoms in total. The van der Waals surface area contributed by atoms with Crippen LogP contribution in [0.5, 0.6) is 0 Å². The number of nitrogens with zero attached hydrogens (tertiary/aromatic N) is 2. The zero-order valence-electron chi connectivity index (χ0n) is 12.4. The second-order valence-corrected chi connectivity index (χ2v) is 5.46. The fourth-order valence-electron chi connectivity index (χ4n) is 1.93. The maximum absolute atomic E-state index is 5.17. The van der Waals surface area contributed by atoms with Crippen molar-refractivity contribution in [3.8, 4) is 0 Å². The molecule has 0 amide bonds. The molecule has 20 heavy (non-hydrogen) atoms. The second kappa shape index (κ2) is 9.91. The Labute approximate surface area is 130 Å². The number of hydrogen-bond acceptors (Lipinski definition) is 4. The molecule has 0 aliphatic rings. The average molecular weight is 342 g/mol. The number of anilines is 1. The van der Waals surface area contributed by atoms with Crippen LogP contribution in [0.1, 0.15) is 18.9 Å². The monoisotopic (exact) mass is 341 g/mol. The molecular formula is C15H24BrN3O. The molecule has 1 aromatic rings. The van der Waals surface area contributed by atoms with Crippen LogP contribution in [0.2, 0.25) is 0 Å². The molecule has 0 aliphatic heterocycles. The van der Waals surface area contributed by atoms with Crippen molar-refractivity contribution in [2.45, 2.75) is 19.9 Å². The largest absolute Gasteiger partial charge is 0.383 e. The van der Waals surface area contributed by atoms with Crippen molar-refractivity contribution < 1.29 is 4.74 Å². The fourth-order valence-corrected chi connectivity index (χ4v) is 2.31. The number of halogens is 1. The molecule has 0 atom stereocenters. The van der Waals surface area contributed by atoms with E-state index < -0.39 is 0 Å². The van der Waals surface area contributed by atoms with Gasteiger partial charge in [-0.2, -0.15) is 0 Å². The molecule has 5 heteroatoms. The van der Waals surface area contributed by atoms with Crippen molar-refractivity contribution >= 4 is 21.7 Å². The molecule has 1 heterocycles. The molecule has 1 aromatic heterocycles. The summed E-state index contributed by atoms with van der Waals surface area (Å²) >= 11 is 3.49. The van der Waals surface area contributed by atoms with E-state index in [1.165, 1.54) is 5.56 Å². The predicted molar refractivity (Wildman–Crippen MR) is 88.2 cm³/mol. The molecule has 0 spiro atoms. The lowest BCUT2D eigenvalue weighted by molar-refractivity contribution is 0.205. The topological polar surface area (TPSA) is 37.4 Å². The van der Waals surface area contributed by atoms with Gasteiger partial charge in [0, 0.05) is 43.0 Å². The number of aromatic nitrogens is 1. The highest BCUT2D eigenvalue weighted by Gasteiger charge is 2.12. The van der Waals surface area contributed by atoms with Gasteiger partial charge < -0.3 is 15.0 Å². The Bertz CT molecular complexity index is 412.